The number of carbonyl (C=O) groups is 3. The van der Waals surface area contributed by atoms with Crippen molar-refractivity contribution in [1.29, 1.82) is 0 Å². The van der Waals surface area contributed by atoms with Crippen LogP contribution < -0.4 is 20.1 Å². The Balaban J connectivity index is 2.51. The molecule has 1 aliphatic heterocycles. The van der Waals surface area contributed by atoms with Gasteiger partial charge in [0.1, 0.15) is 10.0 Å². The molecule has 148 valence electrons. The second kappa shape index (κ2) is 7.41. The summed E-state index contributed by atoms with van der Waals surface area (Å²) in [6, 6.07) is -1.45. The number of rotatable bonds is 2. The van der Waals surface area contributed by atoms with Crippen molar-refractivity contribution in [3.8, 4) is 11.5 Å². The van der Waals surface area contributed by atoms with Gasteiger partial charge in [0.05, 0.1) is 12.8 Å². The van der Waals surface area contributed by atoms with Gasteiger partial charge in [-0.25, -0.2) is 14.0 Å². The van der Waals surface area contributed by atoms with E-state index >= 15 is 0 Å². The Labute approximate surface area is 171 Å². The van der Waals surface area contributed by atoms with E-state index in [-0.39, 0.29) is 0 Å². The molecular formula is C12H5BrCl3F3N2O6. The highest BCUT2D eigenvalue weighted by atomic mass is 79.9. The van der Waals surface area contributed by atoms with Gasteiger partial charge in [-0.2, -0.15) is 0 Å². The number of urea groups is 1. The summed E-state index contributed by atoms with van der Waals surface area (Å²) in [6.07, 6.45) is -4.22. The Morgan fingerprint density at radius 1 is 1.19 bits per heavy atom. The highest BCUT2D eigenvalue weighted by Crippen LogP contribution is 2.52. The summed E-state index contributed by atoms with van der Waals surface area (Å²) < 4.78 is 50.7. The smallest absolute Gasteiger partial charge is 0.465 e. The number of fused-ring (bicyclic) bond motifs is 1. The fourth-order valence-electron chi connectivity index (χ4n) is 1.83. The predicted octanol–water partition coefficient (Wildman–Crippen LogP) is 3.71. The van der Waals surface area contributed by atoms with Gasteiger partial charge < -0.3 is 19.5 Å². The third kappa shape index (κ3) is 4.45. The molecule has 8 nitrogen and oxygen atoms in total. The van der Waals surface area contributed by atoms with Crippen LogP contribution in [0.4, 0.5) is 23.7 Å². The van der Waals surface area contributed by atoms with Crippen LogP contribution in [0.1, 0.15) is 10.4 Å². The molecule has 0 fully saturated rings. The lowest BCUT2D eigenvalue weighted by molar-refractivity contribution is -0.287. The van der Waals surface area contributed by atoms with Crippen molar-refractivity contribution < 1.29 is 41.8 Å². The van der Waals surface area contributed by atoms with Crippen molar-refractivity contribution >= 4 is 74.3 Å². The van der Waals surface area contributed by atoms with Gasteiger partial charge in [0, 0.05) is 0 Å². The first-order chi connectivity index (χ1) is 12.3. The molecule has 2 N–H and O–H groups in total. The number of anilines is 1. The maximum absolute atomic E-state index is 14.6. The van der Waals surface area contributed by atoms with E-state index in [1.165, 1.54) is 0 Å². The van der Waals surface area contributed by atoms with Crippen LogP contribution in [0.2, 0.25) is 0 Å². The van der Waals surface area contributed by atoms with Gasteiger partial charge in [0.25, 0.3) is 9.70 Å². The molecule has 27 heavy (non-hydrogen) atoms. The Hall–Kier alpha value is -1.63. The second-order valence-electron chi connectivity index (χ2n) is 4.60. The molecular weight excluding hydrogens is 511 g/mol. The number of carbonyl (C=O) groups excluding carboxylic acids is 3. The number of amides is 3. The normalized spacial score (nSPS) is 14.5. The highest BCUT2D eigenvalue weighted by molar-refractivity contribution is 9.10. The first-order valence-electron chi connectivity index (χ1n) is 6.36. The van der Waals surface area contributed by atoms with Crippen LogP contribution in [0.15, 0.2) is 4.47 Å². The number of methoxy groups -OCH3 is 1. The maximum atomic E-state index is 14.6. The molecule has 1 aromatic rings. The minimum absolute atomic E-state index is 0.703. The lowest BCUT2D eigenvalue weighted by atomic mass is 10.1. The summed E-state index contributed by atoms with van der Waals surface area (Å²) in [4.78, 5) is 35.3. The number of benzene rings is 1. The highest BCUT2D eigenvalue weighted by Gasteiger charge is 2.49. The first-order valence-corrected chi connectivity index (χ1v) is 8.29. The van der Waals surface area contributed by atoms with Crippen molar-refractivity contribution in [3.05, 3.63) is 15.9 Å². The molecule has 0 aliphatic carbocycles. The average molecular weight is 516 g/mol. The molecule has 0 saturated carbocycles. The van der Waals surface area contributed by atoms with E-state index in [1.54, 1.807) is 10.6 Å². The summed E-state index contributed by atoms with van der Waals surface area (Å²) in [6.45, 7) is 0. The monoisotopic (exact) mass is 514 g/mol. The van der Waals surface area contributed by atoms with Crippen molar-refractivity contribution in [1.82, 2.24) is 5.32 Å². The molecule has 0 spiro atoms. The summed E-state index contributed by atoms with van der Waals surface area (Å²) in [7, 11) is 0.860. The summed E-state index contributed by atoms with van der Waals surface area (Å²) in [5.74, 6) is -5.94. The molecule has 3 amide bonds. The zero-order valence-electron chi connectivity index (χ0n) is 12.6. The van der Waals surface area contributed by atoms with Crippen LogP contribution in [0.25, 0.3) is 0 Å². The average Bonchev–Trinajstić information content (AvgIpc) is 2.86. The zero-order valence-corrected chi connectivity index (χ0v) is 16.4. The fraction of sp³-hybridized carbons (Fsp3) is 0.250. The lowest BCUT2D eigenvalue weighted by Gasteiger charge is -2.15. The predicted molar refractivity (Wildman–Crippen MR) is 89.1 cm³/mol. The Morgan fingerprint density at radius 2 is 1.74 bits per heavy atom. The SMILES string of the molecule is COC(=O)c1c(NC(=O)NC(=O)C(Cl)(Cl)Cl)c(F)c(Br)c2c1OC(F)(F)O2. The molecule has 1 aromatic carbocycles. The van der Waals surface area contributed by atoms with E-state index in [0.717, 1.165) is 7.11 Å². The maximum Gasteiger partial charge on any atom is 0.586 e. The van der Waals surface area contributed by atoms with Crippen LogP contribution in [0.3, 0.4) is 0 Å². The van der Waals surface area contributed by atoms with Gasteiger partial charge in [-0.1, -0.05) is 34.8 Å². The number of hydrogen-bond acceptors (Lipinski definition) is 6. The summed E-state index contributed by atoms with van der Waals surface area (Å²) in [5.41, 5.74) is -1.91. The molecule has 0 saturated heterocycles. The quantitative estimate of drug-likeness (QED) is 0.459. The van der Waals surface area contributed by atoms with Crippen molar-refractivity contribution in [2.24, 2.45) is 0 Å². The topological polar surface area (TPSA) is 103 Å². The van der Waals surface area contributed by atoms with Crippen molar-refractivity contribution in [3.63, 3.8) is 0 Å². The third-order valence-electron chi connectivity index (χ3n) is 2.85. The third-order valence-corrected chi connectivity index (χ3v) is 4.07. The number of imide groups is 1. The molecule has 0 atom stereocenters. The van der Waals surface area contributed by atoms with E-state index < -0.39 is 61.0 Å². The van der Waals surface area contributed by atoms with E-state index in [9.17, 15) is 27.6 Å². The van der Waals surface area contributed by atoms with Crippen LogP contribution in [-0.2, 0) is 9.53 Å². The van der Waals surface area contributed by atoms with Crippen molar-refractivity contribution in [2.45, 2.75) is 10.1 Å². The summed E-state index contributed by atoms with van der Waals surface area (Å²) in [5, 5.41) is 3.31. The molecule has 2 rings (SSSR count). The van der Waals surface area contributed by atoms with Gasteiger partial charge in [-0.15, -0.1) is 8.78 Å². The minimum atomic E-state index is -4.22. The molecule has 0 unspecified atom stereocenters. The molecule has 1 aliphatic rings. The number of ether oxygens (including phenoxy) is 3. The van der Waals surface area contributed by atoms with E-state index in [2.05, 4.69) is 30.1 Å². The fourth-order valence-corrected chi connectivity index (χ4v) is 2.43. The number of alkyl halides is 5. The van der Waals surface area contributed by atoms with Gasteiger partial charge in [-0.05, 0) is 15.9 Å². The van der Waals surface area contributed by atoms with E-state index in [4.69, 9.17) is 34.8 Å². The Bertz CT molecular complexity index is 849. The van der Waals surface area contributed by atoms with Crippen LogP contribution in [0, 0.1) is 5.82 Å². The molecule has 15 heteroatoms. The molecule has 0 radical (unpaired) electrons. The number of halogens is 7. The van der Waals surface area contributed by atoms with E-state index in [1.807, 2.05) is 0 Å². The van der Waals surface area contributed by atoms with E-state index in [0.29, 0.717) is 0 Å². The molecule has 1 heterocycles. The number of nitrogens with one attached hydrogen (secondary N) is 2. The summed E-state index contributed by atoms with van der Waals surface area (Å²) >= 11 is 18.4. The van der Waals surface area contributed by atoms with Crippen LogP contribution >= 0.6 is 50.7 Å². The van der Waals surface area contributed by atoms with Gasteiger partial charge in [0.15, 0.2) is 17.3 Å². The van der Waals surface area contributed by atoms with Gasteiger partial charge >= 0.3 is 18.3 Å². The molecule has 0 aromatic heterocycles. The largest absolute Gasteiger partial charge is 0.586 e. The first kappa shape index (κ1) is 21.7. The second-order valence-corrected chi connectivity index (χ2v) is 7.68. The van der Waals surface area contributed by atoms with Crippen LogP contribution in [-0.4, -0.2) is 35.1 Å². The zero-order chi connectivity index (χ0) is 20.7. The van der Waals surface area contributed by atoms with Gasteiger partial charge in [0.2, 0.25) is 0 Å². The number of esters is 1. The molecule has 0 bridgehead atoms. The van der Waals surface area contributed by atoms with Gasteiger partial charge in [-0.3, -0.25) is 10.1 Å². The lowest BCUT2D eigenvalue weighted by Crippen LogP contribution is -2.41. The van der Waals surface area contributed by atoms with Crippen LogP contribution in [0.5, 0.6) is 11.5 Å². The minimum Gasteiger partial charge on any atom is -0.465 e. The Morgan fingerprint density at radius 3 is 2.26 bits per heavy atom. The number of hydrogen-bond donors (Lipinski definition) is 2. The standard InChI is InChI=1S/C12H5BrCl3F3N2O6/c1-25-8(22)2-5(20-10(24)21-9(23)11(14,15)16)4(17)3(13)7-6(2)26-12(18,19)27-7/h1H3,(H2,20,21,23,24). The Kier molecular flexibility index (Phi) is 5.95. The van der Waals surface area contributed by atoms with Crippen molar-refractivity contribution in [2.75, 3.05) is 12.4 Å².